The summed E-state index contributed by atoms with van der Waals surface area (Å²) in [5.74, 6) is 1.37. The van der Waals surface area contributed by atoms with E-state index >= 15 is 0 Å². The molecular weight excluding hydrogens is 302 g/mol. The van der Waals surface area contributed by atoms with Crippen molar-refractivity contribution >= 4 is 17.5 Å². The number of nitrogens with zero attached hydrogens (tertiary/aromatic N) is 1. The predicted octanol–water partition coefficient (Wildman–Crippen LogP) is 3.44. The lowest BCUT2D eigenvalue weighted by Crippen LogP contribution is -2.39. The van der Waals surface area contributed by atoms with Gasteiger partial charge in [0, 0.05) is 13.1 Å². The van der Waals surface area contributed by atoms with Crippen LogP contribution in [0.4, 0.5) is 0 Å². The van der Waals surface area contributed by atoms with Crippen LogP contribution >= 0.6 is 11.6 Å². The maximum absolute atomic E-state index is 12.5. The Bertz CT molecular complexity index is 555. The first kappa shape index (κ1) is 15.5. The Kier molecular flexibility index (Phi) is 4.77. The first-order chi connectivity index (χ1) is 10.6. The summed E-state index contributed by atoms with van der Waals surface area (Å²) < 4.78 is 11.1. The molecule has 0 spiro atoms. The number of likely N-dealkylation sites (N-methyl/N-ethyl adjacent to an activating group) is 1. The van der Waals surface area contributed by atoms with Gasteiger partial charge in [0.2, 0.25) is 5.91 Å². The standard InChI is InChI=1S/C17H22ClNO3/c1-19(13-5-3-2-4-6-13)16(20)11-12-9-14(18)17-15(10-12)21-7-8-22-17/h9-10,13H,2-8,11H2,1H3. The van der Waals surface area contributed by atoms with Crippen LogP contribution in [0.1, 0.15) is 37.7 Å². The molecule has 1 heterocycles. The molecule has 120 valence electrons. The summed E-state index contributed by atoms with van der Waals surface area (Å²) in [6, 6.07) is 4.06. The van der Waals surface area contributed by atoms with E-state index in [1.807, 2.05) is 24.1 Å². The molecule has 2 aliphatic rings. The second kappa shape index (κ2) is 6.78. The van der Waals surface area contributed by atoms with Crippen LogP contribution in [0.15, 0.2) is 12.1 Å². The van der Waals surface area contributed by atoms with E-state index < -0.39 is 0 Å². The van der Waals surface area contributed by atoms with E-state index in [9.17, 15) is 4.79 Å². The van der Waals surface area contributed by atoms with Gasteiger partial charge in [0.1, 0.15) is 13.2 Å². The highest BCUT2D eigenvalue weighted by Crippen LogP contribution is 2.38. The lowest BCUT2D eigenvalue weighted by Gasteiger charge is -2.31. The third kappa shape index (κ3) is 3.32. The number of halogens is 1. The number of carbonyl (C=O) groups excluding carboxylic acids is 1. The van der Waals surface area contributed by atoms with Gasteiger partial charge in [0.25, 0.3) is 0 Å². The Labute approximate surface area is 136 Å². The lowest BCUT2D eigenvalue weighted by atomic mass is 9.94. The van der Waals surface area contributed by atoms with Gasteiger partial charge in [0.15, 0.2) is 11.5 Å². The number of hydrogen-bond acceptors (Lipinski definition) is 3. The number of amides is 1. The third-order valence-corrected chi connectivity index (χ3v) is 4.81. The fourth-order valence-corrected chi connectivity index (χ4v) is 3.53. The first-order valence-corrected chi connectivity index (χ1v) is 8.36. The maximum atomic E-state index is 12.5. The van der Waals surface area contributed by atoms with Gasteiger partial charge in [-0.2, -0.15) is 0 Å². The van der Waals surface area contributed by atoms with E-state index in [0.717, 1.165) is 18.4 Å². The highest BCUT2D eigenvalue weighted by Gasteiger charge is 2.23. The molecule has 1 saturated carbocycles. The molecule has 1 aliphatic heterocycles. The van der Waals surface area contributed by atoms with Gasteiger partial charge in [-0.05, 0) is 30.5 Å². The van der Waals surface area contributed by atoms with Crippen molar-refractivity contribution in [2.45, 2.75) is 44.6 Å². The summed E-state index contributed by atoms with van der Waals surface area (Å²) in [5.41, 5.74) is 0.877. The SMILES string of the molecule is CN(C(=O)Cc1cc(Cl)c2c(c1)OCCO2)C1CCCCC1. The zero-order valence-corrected chi connectivity index (χ0v) is 13.7. The van der Waals surface area contributed by atoms with Gasteiger partial charge in [-0.25, -0.2) is 0 Å². The minimum absolute atomic E-state index is 0.139. The van der Waals surface area contributed by atoms with E-state index in [-0.39, 0.29) is 5.91 Å². The maximum Gasteiger partial charge on any atom is 0.226 e. The van der Waals surface area contributed by atoms with Crippen molar-refractivity contribution in [3.05, 3.63) is 22.7 Å². The van der Waals surface area contributed by atoms with E-state index in [0.29, 0.717) is 42.2 Å². The molecule has 4 nitrogen and oxygen atoms in total. The average molecular weight is 324 g/mol. The van der Waals surface area contributed by atoms with Gasteiger partial charge in [-0.15, -0.1) is 0 Å². The monoisotopic (exact) mass is 323 g/mol. The normalized spacial score (nSPS) is 18.1. The van der Waals surface area contributed by atoms with Gasteiger partial charge in [0.05, 0.1) is 11.4 Å². The molecule has 3 rings (SSSR count). The number of ether oxygens (including phenoxy) is 2. The predicted molar refractivity (Wildman–Crippen MR) is 85.8 cm³/mol. The van der Waals surface area contributed by atoms with Crippen molar-refractivity contribution < 1.29 is 14.3 Å². The van der Waals surface area contributed by atoms with Crippen molar-refractivity contribution in [2.24, 2.45) is 0 Å². The van der Waals surface area contributed by atoms with Crippen LogP contribution in [0.25, 0.3) is 0 Å². The largest absolute Gasteiger partial charge is 0.486 e. The molecule has 1 aromatic carbocycles. The Balaban J connectivity index is 1.69. The molecule has 0 bridgehead atoms. The van der Waals surface area contributed by atoms with Crippen molar-refractivity contribution in [1.29, 1.82) is 0 Å². The Morgan fingerprint density at radius 1 is 1.23 bits per heavy atom. The highest BCUT2D eigenvalue weighted by atomic mass is 35.5. The van der Waals surface area contributed by atoms with Crippen LogP contribution in [0.5, 0.6) is 11.5 Å². The number of rotatable bonds is 3. The molecule has 0 atom stereocenters. The quantitative estimate of drug-likeness (QED) is 0.855. The summed E-state index contributed by atoms with van der Waals surface area (Å²) in [4.78, 5) is 14.4. The van der Waals surface area contributed by atoms with Gasteiger partial charge in [-0.3, -0.25) is 4.79 Å². The molecule has 0 saturated heterocycles. The zero-order valence-electron chi connectivity index (χ0n) is 12.9. The minimum Gasteiger partial charge on any atom is -0.486 e. The number of hydrogen-bond donors (Lipinski definition) is 0. The molecule has 0 N–H and O–H groups in total. The van der Waals surface area contributed by atoms with Crippen LogP contribution in [0.3, 0.4) is 0 Å². The van der Waals surface area contributed by atoms with Gasteiger partial charge >= 0.3 is 0 Å². The Morgan fingerprint density at radius 2 is 1.95 bits per heavy atom. The second-order valence-electron chi connectivity index (χ2n) is 6.08. The van der Waals surface area contributed by atoms with E-state index in [1.54, 1.807) is 0 Å². The minimum atomic E-state index is 0.139. The van der Waals surface area contributed by atoms with Crippen LogP contribution in [0.2, 0.25) is 5.02 Å². The summed E-state index contributed by atoms with van der Waals surface area (Å²) in [6.45, 7) is 1.03. The van der Waals surface area contributed by atoms with Crippen molar-refractivity contribution in [2.75, 3.05) is 20.3 Å². The molecule has 0 aromatic heterocycles. The number of benzene rings is 1. The molecule has 5 heteroatoms. The van der Waals surface area contributed by atoms with Crippen molar-refractivity contribution in [1.82, 2.24) is 4.90 Å². The van der Waals surface area contributed by atoms with E-state index in [1.165, 1.54) is 19.3 Å². The first-order valence-electron chi connectivity index (χ1n) is 7.99. The third-order valence-electron chi connectivity index (χ3n) is 4.53. The topological polar surface area (TPSA) is 38.8 Å². The molecule has 1 fully saturated rings. The summed E-state index contributed by atoms with van der Waals surface area (Å²) in [5, 5.41) is 0.514. The van der Waals surface area contributed by atoms with Crippen LogP contribution in [-0.2, 0) is 11.2 Å². The zero-order chi connectivity index (χ0) is 15.5. The molecular formula is C17H22ClNO3. The van der Waals surface area contributed by atoms with E-state index in [2.05, 4.69) is 0 Å². The van der Waals surface area contributed by atoms with E-state index in [4.69, 9.17) is 21.1 Å². The Hall–Kier alpha value is -1.42. The van der Waals surface area contributed by atoms with Crippen molar-refractivity contribution in [3.63, 3.8) is 0 Å². The van der Waals surface area contributed by atoms with Crippen molar-refractivity contribution in [3.8, 4) is 11.5 Å². The lowest BCUT2D eigenvalue weighted by molar-refractivity contribution is -0.131. The molecule has 0 radical (unpaired) electrons. The fraction of sp³-hybridized carbons (Fsp3) is 0.588. The summed E-state index contributed by atoms with van der Waals surface area (Å²) in [6.07, 6.45) is 6.31. The summed E-state index contributed by atoms with van der Waals surface area (Å²) >= 11 is 6.23. The van der Waals surface area contributed by atoms with Gasteiger partial charge in [-0.1, -0.05) is 30.9 Å². The van der Waals surface area contributed by atoms with Crippen LogP contribution in [-0.4, -0.2) is 37.1 Å². The van der Waals surface area contributed by atoms with Gasteiger partial charge < -0.3 is 14.4 Å². The van der Waals surface area contributed by atoms with Crippen LogP contribution in [0, 0.1) is 0 Å². The number of carbonyl (C=O) groups is 1. The molecule has 1 aliphatic carbocycles. The summed E-state index contributed by atoms with van der Waals surface area (Å²) in [7, 11) is 1.91. The smallest absolute Gasteiger partial charge is 0.226 e. The number of fused-ring (bicyclic) bond motifs is 1. The Morgan fingerprint density at radius 3 is 2.73 bits per heavy atom. The second-order valence-corrected chi connectivity index (χ2v) is 6.48. The molecule has 1 aromatic rings. The fourth-order valence-electron chi connectivity index (χ4n) is 3.24. The molecule has 0 unspecified atom stereocenters. The molecule has 22 heavy (non-hydrogen) atoms. The molecule has 1 amide bonds. The highest BCUT2D eigenvalue weighted by molar-refractivity contribution is 6.32. The average Bonchev–Trinajstić information content (AvgIpc) is 2.55. The van der Waals surface area contributed by atoms with Crippen LogP contribution < -0.4 is 9.47 Å².